The number of esters is 1. The van der Waals surface area contributed by atoms with Gasteiger partial charge in [0.05, 0.1) is 40.0 Å². The number of aromatic nitrogens is 1. The van der Waals surface area contributed by atoms with E-state index in [0.29, 0.717) is 26.4 Å². The molecule has 1 atom stereocenters. The summed E-state index contributed by atoms with van der Waals surface area (Å²) < 4.78 is 13.5. The summed E-state index contributed by atoms with van der Waals surface area (Å²) >= 11 is 4.78. The number of rotatable bonds is 5. The average molecular weight is 513 g/mol. The van der Waals surface area contributed by atoms with Crippen LogP contribution in [0.3, 0.4) is 0 Å². The fourth-order valence-electron chi connectivity index (χ4n) is 3.67. The Bertz CT molecular complexity index is 1390. The Hall–Kier alpha value is -2.97. The van der Waals surface area contributed by atoms with Crippen molar-refractivity contribution in [2.75, 3.05) is 13.7 Å². The zero-order chi connectivity index (χ0) is 22.8. The van der Waals surface area contributed by atoms with Gasteiger partial charge in [0.2, 0.25) is 0 Å². The second-order valence-electron chi connectivity index (χ2n) is 7.11. The summed E-state index contributed by atoms with van der Waals surface area (Å²) in [5.41, 5.74) is 2.40. The maximum atomic E-state index is 13.5. The van der Waals surface area contributed by atoms with Crippen molar-refractivity contribution >= 4 is 39.3 Å². The maximum Gasteiger partial charge on any atom is 0.338 e. The van der Waals surface area contributed by atoms with E-state index < -0.39 is 12.0 Å². The lowest BCUT2D eigenvalue weighted by Gasteiger charge is -2.24. The minimum Gasteiger partial charge on any atom is -0.496 e. The molecule has 8 heteroatoms. The van der Waals surface area contributed by atoms with E-state index in [1.54, 1.807) is 25.5 Å². The summed E-state index contributed by atoms with van der Waals surface area (Å²) in [7, 11) is 1.60. The van der Waals surface area contributed by atoms with Crippen LogP contribution in [0.4, 0.5) is 0 Å². The monoisotopic (exact) mass is 512 g/mol. The molecule has 2 heterocycles. The fourth-order valence-corrected chi connectivity index (χ4v) is 5.27. The van der Waals surface area contributed by atoms with Gasteiger partial charge < -0.3 is 9.47 Å². The SMILES string of the molecule is CCOC(=O)C1=C(C)N=c2s/c(=C\c3ccc(OC)c(Br)c3)c(=O)n2[C@@H]1c1ccccc1. The predicted molar refractivity (Wildman–Crippen MR) is 128 cm³/mol. The summed E-state index contributed by atoms with van der Waals surface area (Å²) in [5.74, 6) is 0.248. The molecule has 0 radical (unpaired) electrons. The predicted octanol–water partition coefficient (Wildman–Crippen LogP) is 3.57. The summed E-state index contributed by atoms with van der Waals surface area (Å²) in [6, 6.07) is 14.5. The molecule has 0 fully saturated rings. The second-order valence-corrected chi connectivity index (χ2v) is 8.97. The lowest BCUT2D eigenvalue weighted by molar-refractivity contribution is -0.139. The molecule has 6 nitrogen and oxygen atoms in total. The van der Waals surface area contributed by atoms with Gasteiger partial charge in [-0.3, -0.25) is 9.36 Å². The van der Waals surface area contributed by atoms with Crippen LogP contribution in [-0.4, -0.2) is 24.3 Å². The highest BCUT2D eigenvalue weighted by Crippen LogP contribution is 2.30. The maximum absolute atomic E-state index is 13.5. The Balaban J connectivity index is 1.92. The van der Waals surface area contributed by atoms with Crippen LogP contribution in [0.1, 0.15) is 31.0 Å². The van der Waals surface area contributed by atoms with Crippen LogP contribution in [0.15, 0.2) is 74.1 Å². The molecular weight excluding hydrogens is 492 g/mol. The third-order valence-corrected chi connectivity index (χ3v) is 6.71. The molecule has 0 spiro atoms. The Morgan fingerprint density at radius 3 is 2.66 bits per heavy atom. The number of hydrogen-bond acceptors (Lipinski definition) is 6. The summed E-state index contributed by atoms with van der Waals surface area (Å²) in [6.45, 7) is 3.78. The van der Waals surface area contributed by atoms with Crippen LogP contribution in [0.5, 0.6) is 5.75 Å². The Labute approximate surface area is 197 Å². The van der Waals surface area contributed by atoms with Crippen molar-refractivity contribution in [3.63, 3.8) is 0 Å². The lowest BCUT2D eigenvalue weighted by Crippen LogP contribution is -2.39. The molecule has 0 saturated heterocycles. The van der Waals surface area contributed by atoms with Crippen LogP contribution in [0.2, 0.25) is 0 Å². The number of halogens is 1. The number of ether oxygens (including phenoxy) is 2. The van der Waals surface area contributed by atoms with Gasteiger partial charge >= 0.3 is 5.97 Å². The number of fused-ring (bicyclic) bond motifs is 1. The Kier molecular flexibility index (Phi) is 6.43. The lowest BCUT2D eigenvalue weighted by atomic mass is 9.96. The van der Waals surface area contributed by atoms with Crippen molar-refractivity contribution in [2.45, 2.75) is 19.9 Å². The number of benzene rings is 2. The van der Waals surface area contributed by atoms with Crippen molar-refractivity contribution in [3.05, 3.63) is 95.1 Å². The molecule has 0 aliphatic carbocycles. The first kappa shape index (κ1) is 22.2. The number of carbonyl (C=O) groups is 1. The van der Waals surface area contributed by atoms with Crippen molar-refractivity contribution in [1.82, 2.24) is 4.57 Å². The van der Waals surface area contributed by atoms with Crippen LogP contribution in [-0.2, 0) is 9.53 Å². The zero-order valence-electron chi connectivity index (χ0n) is 17.8. The van der Waals surface area contributed by atoms with E-state index >= 15 is 0 Å². The van der Waals surface area contributed by atoms with Crippen LogP contribution in [0, 0.1) is 0 Å². The van der Waals surface area contributed by atoms with Crippen molar-refractivity contribution in [1.29, 1.82) is 0 Å². The van der Waals surface area contributed by atoms with Crippen LogP contribution in [0.25, 0.3) is 6.08 Å². The van der Waals surface area contributed by atoms with Crippen LogP contribution < -0.4 is 19.6 Å². The molecule has 0 saturated carbocycles. The minimum atomic E-state index is -0.601. The fraction of sp³-hybridized carbons (Fsp3) is 0.208. The highest BCUT2D eigenvalue weighted by atomic mass is 79.9. The van der Waals surface area contributed by atoms with E-state index in [1.165, 1.54) is 11.3 Å². The molecule has 0 unspecified atom stereocenters. The van der Waals surface area contributed by atoms with Gasteiger partial charge in [-0.1, -0.05) is 47.7 Å². The topological polar surface area (TPSA) is 69.9 Å². The van der Waals surface area contributed by atoms with Crippen molar-refractivity contribution in [2.24, 2.45) is 4.99 Å². The molecule has 0 amide bonds. The van der Waals surface area contributed by atoms with E-state index in [0.717, 1.165) is 15.6 Å². The molecule has 164 valence electrons. The Morgan fingerprint density at radius 1 is 1.25 bits per heavy atom. The van der Waals surface area contributed by atoms with Gasteiger partial charge in [0.1, 0.15) is 5.75 Å². The van der Waals surface area contributed by atoms with Gasteiger partial charge in [-0.2, -0.15) is 0 Å². The molecular formula is C24H21BrN2O4S. The van der Waals surface area contributed by atoms with Crippen molar-refractivity contribution in [3.8, 4) is 5.75 Å². The van der Waals surface area contributed by atoms with E-state index in [1.807, 2.05) is 54.6 Å². The molecule has 4 rings (SSSR count). The minimum absolute atomic E-state index is 0.205. The number of carbonyl (C=O) groups excluding carboxylic acids is 1. The highest BCUT2D eigenvalue weighted by molar-refractivity contribution is 9.10. The largest absolute Gasteiger partial charge is 0.496 e. The normalized spacial score (nSPS) is 15.9. The molecule has 0 bridgehead atoms. The zero-order valence-corrected chi connectivity index (χ0v) is 20.2. The van der Waals surface area contributed by atoms with Gasteiger partial charge in [-0.05, 0) is 59.1 Å². The van der Waals surface area contributed by atoms with E-state index in [2.05, 4.69) is 20.9 Å². The first-order chi connectivity index (χ1) is 15.4. The van der Waals surface area contributed by atoms with E-state index in [-0.39, 0.29) is 12.2 Å². The molecule has 0 N–H and O–H groups in total. The number of hydrogen-bond donors (Lipinski definition) is 0. The van der Waals surface area contributed by atoms with E-state index in [9.17, 15) is 9.59 Å². The smallest absolute Gasteiger partial charge is 0.338 e. The van der Waals surface area contributed by atoms with Gasteiger partial charge in [-0.15, -0.1) is 0 Å². The van der Waals surface area contributed by atoms with Gasteiger partial charge in [-0.25, -0.2) is 9.79 Å². The summed E-state index contributed by atoms with van der Waals surface area (Å²) in [4.78, 5) is 31.5. The molecule has 32 heavy (non-hydrogen) atoms. The van der Waals surface area contributed by atoms with Gasteiger partial charge in [0.15, 0.2) is 4.80 Å². The number of allylic oxidation sites excluding steroid dienone is 1. The second kappa shape index (κ2) is 9.26. The number of methoxy groups -OCH3 is 1. The van der Waals surface area contributed by atoms with Gasteiger partial charge in [0, 0.05) is 0 Å². The molecule has 1 aliphatic heterocycles. The standard InChI is InChI=1S/C24H21BrN2O4S/c1-4-31-23(29)20-14(2)26-24-27(21(20)16-8-6-5-7-9-16)22(28)19(32-24)13-15-10-11-18(30-3)17(25)12-15/h5-13,21H,4H2,1-3H3/b19-13-/t21-/m1/s1. The average Bonchev–Trinajstić information content (AvgIpc) is 3.08. The third-order valence-electron chi connectivity index (χ3n) is 5.11. The molecule has 3 aromatic rings. The van der Waals surface area contributed by atoms with Crippen molar-refractivity contribution < 1.29 is 14.3 Å². The third kappa shape index (κ3) is 4.08. The summed E-state index contributed by atoms with van der Waals surface area (Å²) in [6.07, 6.45) is 1.82. The quantitative estimate of drug-likeness (QED) is 0.490. The molecule has 2 aromatic carbocycles. The van der Waals surface area contributed by atoms with E-state index in [4.69, 9.17) is 9.47 Å². The number of thiazole rings is 1. The first-order valence-electron chi connectivity index (χ1n) is 10.0. The molecule has 1 aromatic heterocycles. The van der Waals surface area contributed by atoms with Crippen LogP contribution >= 0.6 is 27.3 Å². The highest BCUT2D eigenvalue weighted by Gasteiger charge is 2.33. The first-order valence-corrected chi connectivity index (χ1v) is 11.6. The van der Waals surface area contributed by atoms with Gasteiger partial charge in [0.25, 0.3) is 5.56 Å². The Morgan fingerprint density at radius 2 is 2.00 bits per heavy atom. The molecule has 1 aliphatic rings. The number of nitrogens with zero attached hydrogens (tertiary/aromatic N) is 2. The summed E-state index contributed by atoms with van der Waals surface area (Å²) in [5, 5.41) is 0.